The summed E-state index contributed by atoms with van der Waals surface area (Å²) in [5, 5.41) is 9.07. The summed E-state index contributed by atoms with van der Waals surface area (Å²) in [5.41, 5.74) is 4.08. The molecule has 4 N–H and O–H groups in total. The van der Waals surface area contributed by atoms with Crippen LogP contribution in [0.5, 0.6) is 0 Å². The minimum atomic E-state index is -0.414. The van der Waals surface area contributed by atoms with Gasteiger partial charge in [0.25, 0.3) is 5.91 Å². The maximum Gasteiger partial charge on any atom is 0.285 e. The third kappa shape index (κ3) is 2.07. The smallest absolute Gasteiger partial charge is 0.285 e. The van der Waals surface area contributed by atoms with Gasteiger partial charge < -0.3 is 0 Å². The van der Waals surface area contributed by atoms with Gasteiger partial charge in [0, 0.05) is 5.56 Å². The van der Waals surface area contributed by atoms with Crippen LogP contribution in [0.2, 0.25) is 0 Å². The van der Waals surface area contributed by atoms with Crippen LogP contribution < -0.4 is 11.3 Å². The van der Waals surface area contributed by atoms with Crippen LogP contribution in [0.25, 0.3) is 22.0 Å². The summed E-state index contributed by atoms with van der Waals surface area (Å²) in [5.74, 6) is 4.66. The first kappa shape index (κ1) is 11.4. The molecule has 1 aromatic heterocycles. The van der Waals surface area contributed by atoms with Crippen LogP contribution in [0.1, 0.15) is 10.5 Å². The number of nitrogens with zero attached hydrogens (tertiary/aromatic N) is 1. The Morgan fingerprint density at radius 1 is 1.11 bits per heavy atom. The number of carbonyl (C=O) groups excluding carboxylic acids is 1. The second-order valence-corrected chi connectivity index (χ2v) is 4.20. The highest BCUT2D eigenvalue weighted by atomic mass is 16.2. The highest BCUT2D eigenvalue weighted by molar-refractivity contribution is 5.93. The molecule has 0 atom stereocenters. The SMILES string of the molecule is NNC(=O)c1cc(-c2ccc3ccccc3c2)[nH]n1. The van der Waals surface area contributed by atoms with Gasteiger partial charge in [-0.15, -0.1) is 0 Å². The van der Waals surface area contributed by atoms with Crippen molar-refractivity contribution in [1.82, 2.24) is 15.6 Å². The number of aromatic nitrogens is 2. The summed E-state index contributed by atoms with van der Waals surface area (Å²) in [7, 11) is 0. The minimum absolute atomic E-state index is 0.269. The molecule has 5 nitrogen and oxygen atoms in total. The second-order valence-electron chi connectivity index (χ2n) is 4.20. The van der Waals surface area contributed by atoms with Gasteiger partial charge in [-0.3, -0.25) is 15.3 Å². The van der Waals surface area contributed by atoms with Crippen LogP contribution >= 0.6 is 0 Å². The number of hydrogen-bond donors (Lipinski definition) is 3. The van der Waals surface area contributed by atoms with E-state index in [1.807, 2.05) is 36.4 Å². The van der Waals surface area contributed by atoms with E-state index in [4.69, 9.17) is 5.84 Å². The normalized spacial score (nSPS) is 10.6. The third-order valence-corrected chi connectivity index (χ3v) is 3.00. The number of carbonyl (C=O) groups is 1. The molecule has 94 valence electrons. The molecule has 3 aromatic rings. The topological polar surface area (TPSA) is 83.8 Å². The standard InChI is InChI=1S/C14H12N4O/c15-16-14(19)13-8-12(17-18-13)11-6-5-9-3-1-2-4-10(9)7-11/h1-8H,15H2,(H,16,19)(H,17,18). The average Bonchev–Trinajstić information content (AvgIpc) is 2.95. The van der Waals surface area contributed by atoms with E-state index in [0.29, 0.717) is 0 Å². The molecule has 2 aromatic carbocycles. The van der Waals surface area contributed by atoms with Gasteiger partial charge >= 0.3 is 0 Å². The molecule has 0 spiro atoms. The molecule has 1 heterocycles. The van der Waals surface area contributed by atoms with Crippen LogP contribution in [0, 0.1) is 0 Å². The number of amides is 1. The molecule has 0 saturated carbocycles. The summed E-state index contributed by atoms with van der Waals surface area (Å²) in [6.45, 7) is 0. The van der Waals surface area contributed by atoms with Crippen molar-refractivity contribution in [1.29, 1.82) is 0 Å². The Bertz CT molecular complexity index is 748. The maximum atomic E-state index is 11.4. The summed E-state index contributed by atoms with van der Waals surface area (Å²) in [6.07, 6.45) is 0. The van der Waals surface area contributed by atoms with Gasteiger partial charge in [0.2, 0.25) is 0 Å². The number of hydrogen-bond acceptors (Lipinski definition) is 3. The van der Waals surface area contributed by atoms with Gasteiger partial charge in [-0.05, 0) is 22.9 Å². The predicted octanol–water partition coefficient (Wildman–Crippen LogP) is 1.83. The van der Waals surface area contributed by atoms with Crippen LogP contribution in [0.15, 0.2) is 48.5 Å². The second kappa shape index (κ2) is 4.55. The summed E-state index contributed by atoms with van der Waals surface area (Å²) in [6, 6.07) is 15.8. The van der Waals surface area contributed by atoms with Gasteiger partial charge in [-0.2, -0.15) is 5.10 Å². The highest BCUT2D eigenvalue weighted by Gasteiger charge is 2.10. The number of benzene rings is 2. The average molecular weight is 252 g/mol. The Labute approximate surface area is 109 Å². The van der Waals surface area contributed by atoms with Crippen LogP contribution in [-0.4, -0.2) is 16.1 Å². The lowest BCUT2D eigenvalue weighted by Gasteiger charge is -2.00. The zero-order chi connectivity index (χ0) is 13.2. The fourth-order valence-corrected chi connectivity index (χ4v) is 2.02. The Kier molecular flexibility index (Phi) is 2.74. The highest BCUT2D eigenvalue weighted by Crippen LogP contribution is 2.23. The monoisotopic (exact) mass is 252 g/mol. The lowest BCUT2D eigenvalue weighted by atomic mass is 10.1. The number of hydrazine groups is 1. The van der Waals surface area contributed by atoms with Crippen LogP contribution in [0.4, 0.5) is 0 Å². The van der Waals surface area contributed by atoms with Crippen molar-refractivity contribution in [2.24, 2.45) is 5.84 Å². The van der Waals surface area contributed by atoms with E-state index in [1.165, 1.54) is 5.39 Å². The van der Waals surface area contributed by atoms with Crippen molar-refractivity contribution in [2.75, 3.05) is 0 Å². The molecule has 0 bridgehead atoms. The van der Waals surface area contributed by atoms with E-state index in [0.717, 1.165) is 16.6 Å². The van der Waals surface area contributed by atoms with E-state index < -0.39 is 5.91 Å². The van der Waals surface area contributed by atoms with Crippen molar-refractivity contribution < 1.29 is 4.79 Å². The van der Waals surface area contributed by atoms with Crippen molar-refractivity contribution in [3.8, 4) is 11.3 Å². The molecule has 0 saturated heterocycles. The van der Waals surface area contributed by atoms with E-state index in [1.54, 1.807) is 6.07 Å². The van der Waals surface area contributed by atoms with Gasteiger partial charge in [-0.25, -0.2) is 5.84 Å². The van der Waals surface area contributed by atoms with Crippen molar-refractivity contribution in [3.63, 3.8) is 0 Å². The molecule has 1 amide bonds. The van der Waals surface area contributed by atoms with Crippen molar-refractivity contribution in [2.45, 2.75) is 0 Å². The number of aromatic amines is 1. The molecule has 0 radical (unpaired) electrons. The Hall–Kier alpha value is -2.66. The summed E-state index contributed by atoms with van der Waals surface area (Å²) in [4.78, 5) is 11.4. The molecule has 0 aliphatic heterocycles. The summed E-state index contributed by atoms with van der Waals surface area (Å²) >= 11 is 0. The number of nitrogens with two attached hydrogens (primary N) is 1. The molecule has 19 heavy (non-hydrogen) atoms. The fourth-order valence-electron chi connectivity index (χ4n) is 2.02. The zero-order valence-corrected chi connectivity index (χ0v) is 10.1. The van der Waals surface area contributed by atoms with Gasteiger partial charge in [0.15, 0.2) is 5.69 Å². The lowest BCUT2D eigenvalue weighted by Crippen LogP contribution is -2.30. The van der Waals surface area contributed by atoms with E-state index >= 15 is 0 Å². The van der Waals surface area contributed by atoms with E-state index in [2.05, 4.69) is 21.7 Å². The minimum Gasteiger partial charge on any atom is -0.289 e. The molecular formula is C14H12N4O. The Balaban J connectivity index is 2.04. The Morgan fingerprint density at radius 3 is 2.68 bits per heavy atom. The zero-order valence-electron chi connectivity index (χ0n) is 10.1. The van der Waals surface area contributed by atoms with Crippen molar-refractivity contribution in [3.05, 3.63) is 54.2 Å². The molecule has 5 heteroatoms. The number of rotatable bonds is 2. The first-order chi connectivity index (χ1) is 9.28. The quantitative estimate of drug-likeness (QED) is 0.369. The third-order valence-electron chi connectivity index (χ3n) is 3.00. The van der Waals surface area contributed by atoms with Gasteiger partial charge in [-0.1, -0.05) is 36.4 Å². The summed E-state index contributed by atoms with van der Waals surface area (Å²) < 4.78 is 0. The maximum absolute atomic E-state index is 11.4. The molecule has 0 aliphatic rings. The molecular weight excluding hydrogens is 240 g/mol. The van der Waals surface area contributed by atoms with Gasteiger partial charge in [0.1, 0.15) is 0 Å². The number of nitrogen functional groups attached to an aromatic ring is 1. The van der Waals surface area contributed by atoms with E-state index in [-0.39, 0.29) is 5.69 Å². The number of nitrogens with one attached hydrogen (secondary N) is 2. The molecule has 0 unspecified atom stereocenters. The Morgan fingerprint density at radius 2 is 1.89 bits per heavy atom. The van der Waals surface area contributed by atoms with Crippen LogP contribution in [-0.2, 0) is 0 Å². The first-order valence-corrected chi connectivity index (χ1v) is 5.83. The molecule has 0 aliphatic carbocycles. The molecule has 0 fully saturated rings. The van der Waals surface area contributed by atoms with Gasteiger partial charge in [0.05, 0.1) is 5.69 Å². The van der Waals surface area contributed by atoms with Crippen LogP contribution in [0.3, 0.4) is 0 Å². The fraction of sp³-hybridized carbons (Fsp3) is 0. The van der Waals surface area contributed by atoms with E-state index in [9.17, 15) is 4.79 Å². The molecule has 3 rings (SSSR count). The number of fused-ring (bicyclic) bond motifs is 1. The first-order valence-electron chi connectivity index (χ1n) is 5.83. The largest absolute Gasteiger partial charge is 0.289 e. The number of H-pyrrole nitrogens is 1. The predicted molar refractivity (Wildman–Crippen MR) is 73.2 cm³/mol. The van der Waals surface area contributed by atoms with Crippen molar-refractivity contribution >= 4 is 16.7 Å². The lowest BCUT2D eigenvalue weighted by molar-refractivity contribution is 0.0948.